The van der Waals surface area contributed by atoms with E-state index >= 15 is 0 Å². The van der Waals surface area contributed by atoms with Crippen molar-refractivity contribution < 1.29 is 14.4 Å². The van der Waals surface area contributed by atoms with E-state index in [1.165, 1.54) is 7.05 Å². The Morgan fingerprint density at radius 3 is 2.11 bits per heavy atom. The van der Waals surface area contributed by atoms with Crippen LogP contribution in [0.1, 0.15) is 38.1 Å². The van der Waals surface area contributed by atoms with Crippen molar-refractivity contribution in [2.24, 2.45) is 5.16 Å². The number of oxime groups is 1. The molecule has 200 valence electrons. The first-order valence-corrected chi connectivity index (χ1v) is 13.2. The summed E-state index contributed by atoms with van der Waals surface area (Å²) in [5.74, 6) is -0.0443. The second-order valence-corrected chi connectivity index (χ2v) is 9.54. The number of nitrogens with zero attached hydrogens (tertiary/aromatic N) is 2. The number of likely N-dealkylation sites (N-methyl/N-ethyl adjacent to an activating group) is 1. The van der Waals surface area contributed by atoms with Gasteiger partial charge in [-0.05, 0) is 57.5 Å². The molecule has 2 amide bonds. The van der Waals surface area contributed by atoms with Gasteiger partial charge in [-0.3, -0.25) is 9.63 Å². The van der Waals surface area contributed by atoms with Crippen LogP contribution in [-0.4, -0.2) is 93.5 Å². The lowest BCUT2D eigenvalue weighted by molar-refractivity contribution is 0.0949. The van der Waals surface area contributed by atoms with Crippen LogP contribution in [0.2, 0.25) is 0 Å². The summed E-state index contributed by atoms with van der Waals surface area (Å²) in [4.78, 5) is 29.0. The second kappa shape index (κ2) is 19.9. The minimum atomic E-state index is -0.553. The highest BCUT2D eigenvalue weighted by Gasteiger charge is 2.12. The lowest BCUT2D eigenvalue weighted by Crippen LogP contribution is -2.39. The molecule has 0 saturated carbocycles. The van der Waals surface area contributed by atoms with Gasteiger partial charge in [0.15, 0.2) is 0 Å². The molecular formula is C24H45N7O3S. The normalized spacial score (nSPS) is 13.2. The van der Waals surface area contributed by atoms with Crippen molar-refractivity contribution in [2.45, 2.75) is 32.4 Å². The fourth-order valence-electron chi connectivity index (χ4n) is 2.51. The van der Waals surface area contributed by atoms with Gasteiger partial charge < -0.3 is 31.9 Å². The quantitative estimate of drug-likeness (QED) is 0.147. The van der Waals surface area contributed by atoms with Crippen LogP contribution in [0.25, 0.3) is 0 Å². The maximum atomic E-state index is 11.7. The number of rotatable bonds is 9. The zero-order valence-corrected chi connectivity index (χ0v) is 23.0. The molecule has 1 aromatic rings. The van der Waals surface area contributed by atoms with Gasteiger partial charge in [-0.15, -0.1) is 0 Å². The van der Waals surface area contributed by atoms with Crippen LogP contribution in [0, 0.1) is 0 Å². The number of carbonyl (C=O) groups is 2. The highest BCUT2D eigenvalue weighted by atomic mass is 32.2. The lowest BCUT2D eigenvalue weighted by atomic mass is 10.2. The van der Waals surface area contributed by atoms with Crippen LogP contribution in [0.3, 0.4) is 0 Å². The van der Waals surface area contributed by atoms with Gasteiger partial charge in [-0.2, -0.15) is 11.8 Å². The van der Waals surface area contributed by atoms with Crippen molar-refractivity contribution in [2.75, 3.05) is 71.4 Å². The lowest BCUT2D eigenvalue weighted by Gasteiger charge is -2.17. The third-order valence-corrected chi connectivity index (χ3v) is 6.13. The number of benzene rings is 1. The van der Waals surface area contributed by atoms with Crippen molar-refractivity contribution >= 4 is 35.7 Å². The van der Waals surface area contributed by atoms with Gasteiger partial charge in [0.1, 0.15) is 0 Å². The Balaban J connectivity index is 0.000000554. The topological polar surface area (TPSA) is 133 Å². The summed E-state index contributed by atoms with van der Waals surface area (Å²) >= 11 is 1.63. The van der Waals surface area contributed by atoms with E-state index < -0.39 is 6.09 Å². The number of hydrogen-bond donors (Lipinski definition) is 5. The largest absolute Gasteiger partial charge is 0.433 e. The number of hydrogen-bond acceptors (Lipinski definition) is 9. The van der Waals surface area contributed by atoms with Gasteiger partial charge in [-0.25, -0.2) is 4.79 Å². The summed E-state index contributed by atoms with van der Waals surface area (Å²) in [7, 11) is 1.48. The molecule has 10 nitrogen and oxygen atoms in total. The minimum absolute atomic E-state index is 0.0443. The molecule has 1 aliphatic heterocycles. The van der Waals surface area contributed by atoms with Crippen LogP contribution in [0.15, 0.2) is 29.4 Å². The number of anilines is 1. The van der Waals surface area contributed by atoms with Crippen LogP contribution < -0.4 is 27.0 Å². The van der Waals surface area contributed by atoms with Gasteiger partial charge in [-0.1, -0.05) is 19.0 Å². The van der Waals surface area contributed by atoms with E-state index in [9.17, 15) is 9.59 Å². The first-order chi connectivity index (χ1) is 16.7. The highest BCUT2D eigenvalue weighted by Crippen LogP contribution is 2.17. The first kappa shape index (κ1) is 32.7. The summed E-state index contributed by atoms with van der Waals surface area (Å²) in [5.41, 5.74) is 6.89. The summed E-state index contributed by atoms with van der Waals surface area (Å²) in [5, 5.41) is 15.2. The maximum Gasteiger partial charge on any atom is 0.433 e. The Hall–Kier alpha value is -2.34. The average Bonchev–Trinajstić information content (AvgIpc) is 2.88. The van der Waals surface area contributed by atoms with Gasteiger partial charge >= 0.3 is 6.09 Å². The minimum Gasteiger partial charge on any atom is -0.399 e. The molecule has 0 aliphatic carbocycles. The monoisotopic (exact) mass is 511 g/mol. The van der Waals surface area contributed by atoms with Crippen molar-refractivity contribution in [3.05, 3.63) is 29.8 Å². The van der Waals surface area contributed by atoms with E-state index in [1.54, 1.807) is 42.2 Å². The highest BCUT2D eigenvalue weighted by molar-refractivity contribution is 8.00. The SMILES string of the molecule is C1CNCCN1.CCN(CC)CCNC(=O)c1ccc(N)cc1.CNC(=O)O/N=C/C(C)(C)SC. The summed E-state index contributed by atoms with van der Waals surface area (Å²) in [6.07, 6.45) is 3.00. The van der Waals surface area contributed by atoms with E-state index in [0.717, 1.165) is 45.8 Å². The predicted octanol–water partition coefficient (Wildman–Crippen LogP) is 1.99. The number of nitrogens with two attached hydrogens (primary N) is 1. The van der Waals surface area contributed by atoms with Crippen molar-refractivity contribution in [1.29, 1.82) is 0 Å². The van der Waals surface area contributed by atoms with Gasteiger partial charge in [0.2, 0.25) is 0 Å². The number of nitrogen functional groups attached to an aromatic ring is 1. The molecular weight excluding hydrogens is 466 g/mol. The van der Waals surface area contributed by atoms with Crippen molar-refractivity contribution in [3.63, 3.8) is 0 Å². The third kappa shape index (κ3) is 17.7. The Morgan fingerprint density at radius 1 is 1.14 bits per heavy atom. The van der Waals surface area contributed by atoms with Crippen LogP contribution in [0.4, 0.5) is 10.5 Å². The molecule has 11 heteroatoms. The number of nitrogens with one attached hydrogen (secondary N) is 4. The van der Waals surface area contributed by atoms with Crippen LogP contribution in [-0.2, 0) is 4.84 Å². The fourth-order valence-corrected chi connectivity index (χ4v) is 2.66. The van der Waals surface area contributed by atoms with E-state index in [2.05, 4.69) is 50.0 Å². The molecule has 0 spiro atoms. The van der Waals surface area contributed by atoms with Crippen molar-refractivity contribution in [3.8, 4) is 0 Å². The number of thioether (sulfide) groups is 1. The van der Waals surface area contributed by atoms with Gasteiger partial charge in [0, 0.05) is 62.3 Å². The molecule has 1 saturated heterocycles. The molecule has 35 heavy (non-hydrogen) atoms. The van der Waals surface area contributed by atoms with Gasteiger partial charge in [0.05, 0.1) is 6.21 Å². The number of piperazine rings is 1. The Bertz CT molecular complexity index is 711. The third-order valence-electron chi connectivity index (χ3n) is 4.97. The van der Waals surface area contributed by atoms with E-state index in [4.69, 9.17) is 5.73 Å². The molecule has 0 bridgehead atoms. The Labute approximate surface area is 215 Å². The maximum absolute atomic E-state index is 11.7. The molecule has 1 fully saturated rings. The summed E-state index contributed by atoms with van der Waals surface area (Å²) in [6, 6.07) is 6.95. The Kier molecular flexibility index (Phi) is 18.6. The standard InChI is InChI=1S/C13H21N3O.C7H14N2O2S.C4H10N2/c1-3-16(4-2)10-9-15-13(17)11-5-7-12(14)8-6-11;1-7(2,12-4)5-9-11-6(10)8-3;1-2-6-4-3-5-1/h5-8H,3-4,9-10,14H2,1-2H3,(H,15,17);5H,1-4H3,(H,8,10);5-6H,1-4H2/b;9-5+;. The molecule has 0 unspecified atom stereocenters. The zero-order chi connectivity index (χ0) is 26.5. The van der Waals surface area contributed by atoms with E-state index in [0.29, 0.717) is 17.8 Å². The smallest absolute Gasteiger partial charge is 0.399 e. The first-order valence-electron chi connectivity index (χ1n) is 11.9. The molecule has 6 N–H and O–H groups in total. The second-order valence-electron chi connectivity index (χ2n) is 8.08. The summed E-state index contributed by atoms with van der Waals surface area (Å²) in [6.45, 7) is 16.3. The molecule has 0 atom stereocenters. The van der Waals surface area contributed by atoms with E-state index in [-0.39, 0.29) is 10.7 Å². The number of amides is 2. The molecule has 0 aromatic heterocycles. The van der Waals surface area contributed by atoms with Crippen molar-refractivity contribution in [1.82, 2.24) is 26.2 Å². The molecule has 2 rings (SSSR count). The number of carbonyl (C=O) groups excluding carboxylic acids is 2. The van der Waals surface area contributed by atoms with Gasteiger partial charge in [0.25, 0.3) is 5.91 Å². The average molecular weight is 512 g/mol. The predicted molar refractivity (Wildman–Crippen MR) is 148 cm³/mol. The van der Waals surface area contributed by atoms with Crippen LogP contribution in [0.5, 0.6) is 0 Å². The molecule has 1 aliphatic rings. The van der Waals surface area contributed by atoms with E-state index in [1.807, 2.05) is 20.1 Å². The molecule has 1 heterocycles. The molecule has 0 radical (unpaired) electrons. The summed E-state index contributed by atoms with van der Waals surface area (Å²) < 4.78 is -0.103. The molecule has 1 aromatic carbocycles. The van der Waals surface area contributed by atoms with Crippen LogP contribution >= 0.6 is 11.8 Å². The fraction of sp³-hybridized carbons (Fsp3) is 0.625. The zero-order valence-electron chi connectivity index (χ0n) is 22.1. The Morgan fingerprint density at radius 2 is 1.69 bits per heavy atom.